The maximum absolute atomic E-state index is 12.4. The summed E-state index contributed by atoms with van der Waals surface area (Å²) in [6, 6.07) is -1.26. The van der Waals surface area contributed by atoms with Gasteiger partial charge in [0, 0.05) is 25.7 Å². The zero-order valence-corrected chi connectivity index (χ0v) is 13.9. The van der Waals surface area contributed by atoms with Gasteiger partial charge in [0.1, 0.15) is 6.04 Å². The van der Waals surface area contributed by atoms with Gasteiger partial charge in [-0.25, -0.2) is 4.79 Å². The molecule has 0 unspecified atom stereocenters. The summed E-state index contributed by atoms with van der Waals surface area (Å²) in [6.07, 6.45) is -2.42. The topological polar surface area (TPSA) is 52.7 Å². The van der Waals surface area contributed by atoms with Crippen molar-refractivity contribution >= 4 is 11.9 Å². The van der Waals surface area contributed by atoms with Crippen molar-refractivity contribution in [2.24, 2.45) is 0 Å². The molecule has 5 nitrogen and oxygen atoms in total. The van der Waals surface area contributed by atoms with E-state index in [1.54, 1.807) is 18.7 Å². The lowest BCUT2D eigenvalue weighted by Crippen LogP contribution is -2.54. The van der Waals surface area contributed by atoms with Crippen molar-refractivity contribution in [3.05, 3.63) is 0 Å². The van der Waals surface area contributed by atoms with E-state index in [1.165, 1.54) is 0 Å². The van der Waals surface area contributed by atoms with Gasteiger partial charge in [-0.1, -0.05) is 0 Å². The fourth-order valence-corrected chi connectivity index (χ4v) is 2.68. The third kappa shape index (κ3) is 6.27. The predicted octanol–water partition coefficient (Wildman–Crippen LogP) is 2.76. The van der Waals surface area contributed by atoms with Crippen LogP contribution in [-0.2, 0) is 4.79 Å². The number of rotatable bonds is 5. The Bertz CT molecular complexity index is 415. The van der Waals surface area contributed by atoms with Crippen molar-refractivity contribution in [3.8, 4) is 0 Å². The van der Waals surface area contributed by atoms with Gasteiger partial charge in [0.15, 0.2) is 0 Å². The second-order valence-corrected chi connectivity index (χ2v) is 5.99. The highest BCUT2D eigenvalue weighted by Gasteiger charge is 2.31. The number of nitrogens with zero attached hydrogens (tertiary/aromatic N) is 2. The summed E-state index contributed by atoms with van der Waals surface area (Å²) in [7, 11) is 0. The number of alkyl halides is 3. The van der Waals surface area contributed by atoms with Gasteiger partial charge in [-0.05, 0) is 40.0 Å². The first-order valence-electron chi connectivity index (χ1n) is 8.08. The van der Waals surface area contributed by atoms with E-state index in [4.69, 9.17) is 0 Å². The maximum Gasteiger partial charge on any atom is 0.390 e. The molecule has 1 aliphatic rings. The molecule has 0 bridgehead atoms. The molecular weight excluding hydrogens is 311 g/mol. The van der Waals surface area contributed by atoms with E-state index in [0.717, 1.165) is 24.2 Å². The van der Waals surface area contributed by atoms with E-state index in [1.807, 2.05) is 6.92 Å². The van der Waals surface area contributed by atoms with E-state index < -0.39 is 31.2 Å². The van der Waals surface area contributed by atoms with Gasteiger partial charge in [-0.3, -0.25) is 4.79 Å². The SMILES string of the molecule is CCN(CCC(F)(F)F)C(=O)N[C@H](C)C(=O)N1CCCC[C@H]1C. The lowest BCUT2D eigenvalue weighted by molar-refractivity contribution is -0.138. The molecule has 0 radical (unpaired) electrons. The minimum absolute atomic E-state index is 0.128. The third-order valence-electron chi connectivity index (χ3n) is 4.13. The monoisotopic (exact) mass is 337 g/mol. The minimum Gasteiger partial charge on any atom is -0.338 e. The average Bonchev–Trinajstić information content (AvgIpc) is 2.46. The molecule has 1 heterocycles. The zero-order valence-electron chi connectivity index (χ0n) is 13.9. The highest BCUT2D eigenvalue weighted by molar-refractivity contribution is 5.87. The minimum atomic E-state index is -4.31. The van der Waals surface area contributed by atoms with Gasteiger partial charge < -0.3 is 15.1 Å². The van der Waals surface area contributed by atoms with E-state index >= 15 is 0 Å². The van der Waals surface area contributed by atoms with Gasteiger partial charge in [-0.15, -0.1) is 0 Å². The van der Waals surface area contributed by atoms with E-state index in [2.05, 4.69) is 5.32 Å². The number of halogens is 3. The number of hydrogen-bond donors (Lipinski definition) is 1. The molecule has 8 heteroatoms. The second kappa shape index (κ2) is 8.40. The van der Waals surface area contributed by atoms with Gasteiger partial charge in [0.25, 0.3) is 0 Å². The molecule has 134 valence electrons. The molecule has 2 atom stereocenters. The molecule has 1 fully saturated rings. The van der Waals surface area contributed by atoms with Crippen molar-refractivity contribution < 1.29 is 22.8 Å². The molecule has 0 aromatic heterocycles. The summed E-state index contributed by atoms with van der Waals surface area (Å²) in [5, 5.41) is 2.51. The zero-order chi connectivity index (χ0) is 17.6. The Hall–Kier alpha value is -1.47. The Morgan fingerprint density at radius 3 is 2.52 bits per heavy atom. The smallest absolute Gasteiger partial charge is 0.338 e. The fourth-order valence-electron chi connectivity index (χ4n) is 2.68. The molecule has 1 N–H and O–H groups in total. The predicted molar refractivity (Wildman–Crippen MR) is 80.9 cm³/mol. The van der Waals surface area contributed by atoms with Crippen LogP contribution in [0.15, 0.2) is 0 Å². The number of amides is 3. The summed E-state index contributed by atoms with van der Waals surface area (Å²) in [4.78, 5) is 27.2. The van der Waals surface area contributed by atoms with Crippen LogP contribution in [0.4, 0.5) is 18.0 Å². The average molecular weight is 337 g/mol. The molecule has 0 aliphatic carbocycles. The van der Waals surface area contributed by atoms with Crippen LogP contribution in [-0.4, -0.2) is 59.6 Å². The van der Waals surface area contributed by atoms with Crippen LogP contribution in [0.1, 0.15) is 46.5 Å². The van der Waals surface area contributed by atoms with Crippen molar-refractivity contribution in [2.75, 3.05) is 19.6 Å². The van der Waals surface area contributed by atoms with Crippen LogP contribution >= 0.6 is 0 Å². The maximum atomic E-state index is 12.4. The molecule has 3 amide bonds. The molecule has 23 heavy (non-hydrogen) atoms. The number of carbonyl (C=O) groups is 2. The van der Waals surface area contributed by atoms with Crippen LogP contribution in [0.2, 0.25) is 0 Å². The van der Waals surface area contributed by atoms with Crippen molar-refractivity contribution in [2.45, 2.75) is 64.7 Å². The molecule has 1 rings (SSSR count). The van der Waals surface area contributed by atoms with Gasteiger partial charge in [0.05, 0.1) is 6.42 Å². The number of piperidine rings is 1. The van der Waals surface area contributed by atoms with E-state index in [-0.39, 0.29) is 18.5 Å². The van der Waals surface area contributed by atoms with Crippen molar-refractivity contribution in [3.63, 3.8) is 0 Å². The van der Waals surface area contributed by atoms with Crippen LogP contribution in [0.25, 0.3) is 0 Å². The quantitative estimate of drug-likeness (QED) is 0.839. The van der Waals surface area contributed by atoms with Gasteiger partial charge in [0.2, 0.25) is 5.91 Å². The van der Waals surface area contributed by atoms with Gasteiger partial charge >= 0.3 is 12.2 Å². The van der Waals surface area contributed by atoms with Crippen LogP contribution < -0.4 is 5.32 Å². The summed E-state index contributed by atoms with van der Waals surface area (Å²) in [6.45, 7) is 5.54. The molecule has 1 saturated heterocycles. The number of likely N-dealkylation sites (tertiary alicyclic amines) is 1. The molecule has 0 spiro atoms. The summed E-state index contributed by atoms with van der Waals surface area (Å²) in [5.41, 5.74) is 0. The summed E-state index contributed by atoms with van der Waals surface area (Å²) in [5.74, 6) is -0.183. The Balaban J connectivity index is 2.54. The molecular formula is C15H26F3N3O2. The second-order valence-electron chi connectivity index (χ2n) is 5.99. The summed E-state index contributed by atoms with van der Waals surface area (Å²) < 4.78 is 36.8. The highest BCUT2D eigenvalue weighted by Crippen LogP contribution is 2.20. The Labute approximate surface area is 135 Å². The molecule has 0 aromatic carbocycles. The lowest BCUT2D eigenvalue weighted by atomic mass is 10.0. The third-order valence-corrected chi connectivity index (χ3v) is 4.13. The first-order valence-corrected chi connectivity index (χ1v) is 8.08. The van der Waals surface area contributed by atoms with Crippen molar-refractivity contribution in [1.29, 1.82) is 0 Å². The van der Waals surface area contributed by atoms with E-state index in [9.17, 15) is 22.8 Å². The normalized spacial score (nSPS) is 20.1. The standard InChI is InChI=1S/C15H26F3N3O2/c1-4-20(10-8-15(16,17)18)14(23)19-12(3)13(22)21-9-6-5-7-11(21)2/h11-12H,4-10H2,1-3H3,(H,19,23)/t11-,12-/m1/s1. The molecule has 0 aromatic rings. The largest absolute Gasteiger partial charge is 0.390 e. The Kier molecular flexibility index (Phi) is 7.15. The lowest BCUT2D eigenvalue weighted by Gasteiger charge is -2.35. The van der Waals surface area contributed by atoms with Gasteiger partial charge in [-0.2, -0.15) is 13.2 Å². The Morgan fingerprint density at radius 1 is 1.35 bits per heavy atom. The summed E-state index contributed by atoms with van der Waals surface area (Å²) >= 11 is 0. The number of hydrogen-bond acceptors (Lipinski definition) is 2. The first-order chi connectivity index (χ1) is 10.7. The first kappa shape index (κ1) is 19.6. The van der Waals surface area contributed by atoms with Crippen LogP contribution in [0.3, 0.4) is 0 Å². The number of carbonyl (C=O) groups excluding carboxylic acids is 2. The highest BCUT2D eigenvalue weighted by atomic mass is 19.4. The van der Waals surface area contributed by atoms with Crippen molar-refractivity contribution in [1.82, 2.24) is 15.1 Å². The van der Waals surface area contributed by atoms with Crippen LogP contribution in [0.5, 0.6) is 0 Å². The molecule has 0 saturated carbocycles. The fraction of sp³-hybridized carbons (Fsp3) is 0.867. The van der Waals surface area contributed by atoms with Crippen LogP contribution in [0, 0.1) is 0 Å². The number of urea groups is 1. The Morgan fingerprint density at radius 2 is 2.00 bits per heavy atom. The molecule has 1 aliphatic heterocycles. The van der Waals surface area contributed by atoms with E-state index in [0.29, 0.717) is 6.54 Å². The number of nitrogens with one attached hydrogen (secondary N) is 1.